The van der Waals surface area contributed by atoms with Crippen molar-refractivity contribution < 1.29 is 5.11 Å². The molecular formula is C18H20OS. The Morgan fingerprint density at radius 1 is 1.05 bits per heavy atom. The lowest BCUT2D eigenvalue weighted by Crippen LogP contribution is -2.10. The number of rotatable bonds is 5. The standard InChI is InChI=1S/C18H20OS/c19-18(13-20-17-10-2-1-3-11-17)16-9-5-8-15(12-16)14-6-4-7-14/h1-3,5,8-12,14,18-19H,4,6-7,13H2. The molecule has 1 fully saturated rings. The van der Waals surface area contributed by atoms with E-state index in [4.69, 9.17) is 0 Å². The number of hydrogen-bond acceptors (Lipinski definition) is 2. The topological polar surface area (TPSA) is 20.2 Å². The van der Waals surface area contributed by atoms with Crippen molar-refractivity contribution in [2.75, 3.05) is 5.75 Å². The van der Waals surface area contributed by atoms with Crippen LogP contribution in [0.15, 0.2) is 59.5 Å². The smallest absolute Gasteiger partial charge is 0.0884 e. The lowest BCUT2D eigenvalue weighted by molar-refractivity contribution is 0.204. The van der Waals surface area contributed by atoms with Gasteiger partial charge in [0.25, 0.3) is 0 Å². The van der Waals surface area contributed by atoms with Crippen LogP contribution in [-0.4, -0.2) is 10.9 Å². The molecule has 1 unspecified atom stereocenters. The fourth-order valence-corrected chi connectivity index (χ4v) is 3.44. The molecule has 0 radical (unpaired) electrons. The molecule has 0 bridgehead atoms. The summed E-state index contributed by atoms with van der Waals surface area (Å²) in [5.74, 6) is 1.43. The van der Waals surface area contributed by atoms with Gasteiger partial charge in [-0.15, -0.1) is 11.8 Å². The predicted octanol–water partition coefficient (Wildman–Crippen LogP) is 4.78. The summed E-state index contributed by atoms with van der Waals surface area (Å²) in [4.78, 5) is 1.21. The van der Waals surface area contributed by atoms with E-state index in [2.05, 4.69) is 30.3 Å². The average Bonchev–Trinajstić information content (AvgIpc) is 2.44. The van der Waals surface area contributed by atoms with E-state index >= 15 is 0 Å². The van der Waals surface area contributed by atoms with Gasteiger partial charge >= 0.3 is 0 Å². The molecule has 2 aromatic rings. The number of thioether (sulfide) groups is 1. The summed E-state index contributed by atoms with van der Waals surface area (Å²) in [6.45, 7) is 0. The Balaban J connectivity index is 1.63. The molecule has 1 aliphatic rings. The van der Waals surface area contributed by atoms with Gasteiger partial charge in [0.1, 0.15) is 0 Å². The lowest BCUT2D eigenvalue weighted by atomic mass is 9.79. The van der Waals surface area contributed by atoms with Crippen LogP contribution in [0.3, 0.4) is 0 Å². The van der Waals surface area contributed by atoms with Crippen LogP contribution in [0.2, 0.25) is 0 Å². The summed E-state index contributed by atoms with van der Waals surface area (Å²) < 4.78 is 0. The molecule has 104 valence electrons. The first-order chi connectivity index (χ1) is 9.83. The number of aliphatic hydroxyl groups is 1. The molecule has 1 N–H and O–H groups in total. The van der Waals surface area contributed by atoms with Crippen LogP contribution in [0.1, 0.15) is 42.4 Å². The molecule has 1 saturated carbocycles. The van der Waals surface area contributed by atoms with Gasteiger partial charge in [-0.3, -0.25) is 0 Å². The molecule has 0 aromatic heterocycles. The molecule has 1 aliphatic carbocycles. The van der Waals surface area contributed by atoms with E-state index < -0.39 is 0 Å². The number of hydrogen-bond donors (Lipinski definition) is 1. The van der Waals surface area contributed by atoms with Crippen molar-refractivity contribution in [2.45, 2.75) is 36.2 Å². The van der Waals surface area contributed by atoms with Crippen molar-refractivity contribution >= 4 is 11.8 Å². The fraction of sp³-hybridized carbons (Fsp3) is 0.333. The zero-order chi connectivity index (χ0) is 13.8. The fourth-order valence-electron chi connectivity index (χ4n) is 2.55. The van der Waals surface area contributed by atoms with E-state index in [9.17, 15) is 5.11 Å². The average molecular weight is 284 g/mol. The summed E-state index contributed by atoms with van der Waals surface area (Å²) in [6, 6.07) is 18.8. The van der Waals surface area contributed by atoms with Gasteiger partial charge in [0.05, 0.1) is 6.10 Å². The summed E-state index contributed by atoms with van der Waals surface area (Å²) in [7, 11) is 0. The second kappa shape index (κ2) is 6.47. The molecule has 2 aromatic carbocycles. The molecular weight excluding hydrogens is 264 g/mol. The maximum atomic E-state index is 10.4. The second-order valence-corrected chi connectivity index (χ2v) is 6.53. The van der Waals surface area contributed by atoms with Crippen LogP contribution in [0, 0.1) is 0 Å². The van der Waals surface area contributed by atoms with Gasteiger partial charge in [0, 0.05) is 10.6 Å². The molecule has 1 nitrogen and oxygen atoms in total. The van der Waals surface area contributed by atoms with Gasteiger partial charge in [-0.05, 0) is 42.0 Å². The molecule has 0 amide bonds. The maximum Gasteiger partial charge on any atom is 0.0884 e. The van der Waals surface area contributed by atoms with Gasteiger partial charge in [-0.25, -0.2) is 0 Å². The highest BCUT2D eigenvalue weighted by Gasteiger charge is 2.20. The molecule has 1 atom stereocenters. The van der Waals surface area contributed by atoms with Crippen molar-refractivity contribution in [1.82, 2.24) is 0 Å². The summed E-state index contributed by atoms with van der Waals surface area (Å²) in [6.07, 6.45) is 3.57. The van der Waals surface area contributed by atoms with Crippen LogP contribution in [0.5, 0.6) is 0 Å². The molecule has 20 heavy (non-hydrogen) atoms. The highest BCUT2D eigenvalue weighted by Crippen LogP contribution is 2.37. The van der Waals surface area contributed by atoms with Crippen LogP contribution >= 0.6 is 11.8 Å². The Morgan fingerprint density at radius 3 is 2.55 bits per heavy atom. The van der Waals surface area contributed by atoms with E-state index in [1.54, 1.807) is 11.8 Å². The Bertz CT molecular complexity index is 548. The lowest BCUT2D eigenvalue weighted by Gasteiger charge is -2.26. The van der Waals surface area contributed by atoms with Crippen LogP contribution in [0.4, 0.5) is 0 Å². The zero-order valence-electron chi connectivity index (χ0n) is 11.5. The van der Waals surface area contributed by atoms with Crippen molar-refractivity contribution in [2.24, 2.45) is 0 Å². The number of benzene rings is 2. The third-order valence-corrected chi connectivity index (χ3v) is 5.11. The largest absolute Gasteiger partial charge is 0.388 e. The van der Waals surface area contributed by atoms with Gasteiger partial charge < -0.3 is 5.11 Å². The quantitative estimate of drug-likeness (QED) is 0.797. The first-order valence-corrected chi connectivity index (χ1v) is 8.27. The normalized spacial score (nSPS) is 16.6. The minimum absolute atomic E-state index is 0.389. The molecule has 0 heterocycles. The highest BCUT2D eigenvalue weighted by molar-refractivity contribution is 7.99. The van der Waals surface area contributed by atoms with Gasteiger partial charge in [-0.2, -0.15) is 0 Å². The molecule has 0 spiro atoms. The Hall–Kier alpha value is -1.25. The van der Waals surface area contributed by atoms with Crippen molar-refractivity contribution in [3.8, 4) is 0 Å². The van der Waals surface area contributed by atoms with Crippen molar-refractivity contribution in [1.29, 1.82) is 0 Å². The second-order valence-electron chi connectivity index (χ2n) is 5.44. The monoisotopic (exact) mass is 284 g/mol. The zero-order valence-corrected chi connectivity index (χ0v) is 12.4. The predicted molar refractivity (Wildman–Crippen MR) is 85.2 cm³/mol. The highest BCUT2D eigenvalue weighted by atomic mass is 32.2. The van der Waals surface area contributed by atoms with E-state index in [0.717, 1.165) is 11.5 Å². The Labute approximate surface area is 125 Å². The van der Waals surface area contributed by atoms with Crippen LogP contribution in [-0.2, 0) is 0 Å². The van der Waals surface area contributed by atoms with Crippen molar-refractivity contribution in [3.05, 3.63) is 65.7 Å². The summed E-state index contributed by atoms with van der Waals surface area (Å²) >= 11 is 1.71. The molecule has 2 heteroatoms. The third-order valence-electron chi connectivity index (χ3n) is 4.02. The van der Waals surface area contributed by atoms with Gasteiger partial charge in [0.2, 0.25) is 0 Å². The third kappa shape index (κ3) is 3.25. The Morgan fingerprint density at radius 2 is 1.85 bits per heavy atom. The molecule has 0 aliphatic heterocycles. The van der Waals surface area contributed by atoms with Crippen LogP contribution in [0.25, 0.3) is 0 Å². The Kier molecular flexibility index (Phi) is 4.44. The maximum absolute atomic E-state index is 10.4. The summed E-state index contributed by atoms with van der Waals surface area (Å²) in [5, 5.41) is 10.4. The van der Waals surface area contributed by atoms with Crippen molar-refractivity contribution in [3.63, 3.8) is 0 Å². The summed E-state index contributed by atoms with van der Waals surface area (Å²) in [5.41, 5.74) is 2.45. The van der Waals surface area contributed by atoms with Gasteiger partial charge in [0.15, 0.2) is 0 Å². The minimum Gasteiger partial charge on any atom is -0.388 e. The SMILES string of the molecule is OC(CSc1ccccc1)c1cccc(C2CCC2)c1. The van der Waals surface area contributed by atoms with E-state index in [1.165, 1.54) is 29.7 Å². The van der Waals surface area contributed by atoms with Crippen LogP contribution < -0.4 is 0 Å². The number of aliphatic hydroxyl groups excluding tert-OH is 1. The van der Waals surface area contributed by atoms with E-state index in [0.29, 0.717) is 5.75 Å². The first-order valence-electron chi connectivity index (χ1n) is 7.29. The molecule has 0 saturated heterocycles. The van der Waals surface area contributed by atoms with Gasteiger partial charge in [-0.1, -0.05) is 48.9 Å². The molecule has 3 rings (SSSR count). The van der Waals surface area contributed by atoms with E-state index in [1.807, 2.05) is 24.3 Å². The minimum atomic E-state index is -0.389. The van der Waals surface area contributed by atoms with E-state index in [-0.39, 0.29) is 6.10 Å². The first kappa shape index (κ1) is 13.7.